The first-order valence-corrected chi connectivity index (χ1v) is 7.72. The Morgan fingerprint density at radius 2 is 1.58 bits per heavy atom. The maximum Gasteiger partial charge on any atom is 0.336 e. The van der Waals surface area contributed by atoms with Crippen LogP contribution in [0.4, 0.5) is 0 Å². The number of fused-ring (bicyclic) bond motifs is 1. The van der Waals surface area contributed by atoms with Gasteiger partial charge in [0.05, 0.1) is 5.56 Å². The van der Waals surface area contributed by atoms with Crippen LogP contribution in [-0.2, 0) is 0 Å². The summed E-state index contributed by atoms with van der Waals surface area (Å²) in [6, 6.07) is 21.6. The van der Waals surface area contributed by atoms with Crippen LogP contribution in [0.2, 0.25) is 0 Å². The van der Waals surface area contributed by atoms with E-state index in [0.717, 1.165) is 33.0 Å². The summed E-state index contributed by atoms with van der Waals surface area (Å²) in [5.41, 5.74) is 3.81. The van der Waals surface area contributed by atoms with Crippen molar-refractivity contribution in [3.8, 4) is 22.3 Å². The molecule has 116 valence electrons. The van der Waals surface area contributed by atoms with Gasteiger partial charge in [-0.05, 0) is 51.2 Å². The molecule has 3 aromatic carbocycles. The molecule has 0 amide bonds. The number of aromatic amines is 1. The van der Waals surface area contributed by atoms with E-state index >= 15 is 0 Å². The van der Waals surface area contributed by atoms with Gasteiger partial charge in [-0.1, -0.05) is 48.5 Å². The van der Waals surface area contributed by atoms with Crippen molar-refractivity contribution < 1.29 is 9.90 Å². The Labute approximate surface area is 139 Å². The lowest BCUT2D eigenvalue weighted by Crippen LogP contribution is -2.00. The molecule has 4 rings (SSSR count). The minimum absolute atomic E-state index is 0.309. The van der Waals surface area contributed by atoms with Gasteiger partial charge in [-0.25, -0.2) is 4.79 Å². The molecule has 24 heavy (non-hydrogen) atoms. The van der Waals surface area contributed by atoms with Crippen LogP contribution in [0.15, 0.2) is 79.1 Å². The van der Waals surface area contributed by atoms with Crippen molar-refractivity contribution >= 4 is 16.7 Å². The van der Waals surface area contributed by atoms with Crippen molar-refractivity contribution in [2.75, 3.05) is 0 Å². The quantitative estimate of drug-likeness (QED) is 0.546. The van der Waals surface area contributed by atoms with Crippen molar-refractivity contribution in [1.29, 1.82) is 0 Å². The second kappa shape index (κ2) is 5.70. The average molecular weight is 313 g/mol. The van der Waals surface area contributed by atoms with Crippen molar-refractivity contribution in [2.45, 2.75) is 0 Å². The molecule has 0 spiro atoms. The van der Waals surface area contributed by atoms with E-state index in [1.807, 2.05) is 73.1 Å². The molecule has 0 aliphatic carbocycles. The second-order valence-corrected chi connectivity index (χ2v) is 5.73. The predicted octanol–water partition coefficient (Wildman–Crippen LogP) is 5.20. The summed E-state index contributed by atoms with van der Waals surface area (Å²) in [6.45, 7) is 0. The number of hydrogen-bond donors (Lipinski definition) is 2. The first-order valence-electron chi connectivity index (χ1n) is 7.72. The van der Waals surface area contributed by atoms with Gasteiger partial charge in [0, 0.05) is 12.4 Å². The van der Waals surface area contributed by atoms with Crippen LogP contribution >= 0.6 is 0 Å². The highest BCUT2D eigenvalue weighted by atomic mass is 16.4. The molecule has 0 radical (unpaired) electrons. The Morgan fingerprint density at radius 3 is 2.33 bits per heavy atom. The lowest BCUT2D eigenvalue weighted by Gasteiger charge is -2.10. The lowest BCUT2D eigenvalue weighted by molar-refractivity contribution is 0.0698. The molecule has 0 saturated carbocycles. The molecule has 0 aliphatic heterocycles. The van der Waals surface area contributed by atoms with Crippen LogP contribution in [-0.4, -0.2) is 16.1 Å². The zero-order valence-corrected chi connectivity index (χ0v) is 12.9. The van der Waals surface area contributed by atoms with E-state index in [1.165, 1.54) is 0 Å². The standard InChI is InChI=1S/C21H15NO2/c23-21(24)20-12-16(18-9-10-22-13-18)7-8-19(20)17-6-5-14-3-1-2-4-15(14)11-17/h1-13,22H,(H,23,24). The summed E-state index contributed by atoms with van der Waals surface area (Å²) in [4.78, 5) is 14.8. The third-order valence-electron chi connectivity index (χ3n) is 4.24. The number of carboxylic acid groups (broad SMARTS) is 1. The van der Waals surface area contributed by atoms with E-state index in [0.29, 0.717) is 5.56 Å². The van der Waals surface area contributed by atoms with Gasteiger partial charge in [0.25, 0.3) is 0 Å². The van der Waals surface area contributed by atoms with Crippen LogP contribution in [0.1, 0.15) is 10.4 Å². The first kappa shape index (κ1) is 14.3. The number of carboxylic acids is 1. The minimum Gasteiger partial charge on any atom is -0.478 e. The Morgan fingerprint density at radius 1 is 0.792 bits per heavy atom. The van der Waals surface area contributed by atoms with E-state index in [9.17, 15) is 9.90 Å². The molecular weight excluding hydrogens is 298 g/mol. The topological polar surface area (TPSA) is 53.1 Å². The average Bonchev–Trinajstić information content (AvgIpc) is 3.15. The normalized spacial score (nSPS) is 10.8. The minimum atomic E-state index is -0.921. The molecular formula is C21H15NO2. The van der Waals surface area contributed by atoms with Crippen molar-refractivity contribution in [3.63, 3.8) is 0 Å². The van der Waals surface area contributed by atoms with E-state index in [-0.39, 0.29) is 0 Å². The highest BCUT2D eigenvalue weighted by Gasteiger charge is 2.14. The molecule has 0 fully saturated rings. The highest BCUT2D eigenvalue weighted by molar-refractivity contribution is 5.99. The number of carbonyl (C=O) groups is 1. The smallest absolute Gasteiger partial charge is 0.336 e. The van der Waals surface area contributed by atoms with Gasteiger partial charge in [0.1, 0.15) is 0 Å². The number of H-pyrrole nitrogens is 1. The molecule has 0 unspecified atom stereocenters. The maximum atomic E-state index is 11.8. The van der Waals surface area contributed by atoms with Gasteiger partial charge in [0.2, 0.25) is 0 Å². The van der Waals surface area contributed by atoms with Gasteiger partial charge in [-0.3, -0.25) is 0 Å². The van der Waals surface area contributed by atoms with Crippen LogP contribution < -0.4 is 0 Å². The number of benzene rings is 3. The van der Waals surface area contributed by atoms with Crippen molar-refractivity contribution in [2.24, 2.45) is 0 Å². The fourth-order valence-corrected chi connectivity index (χ4v) is 3.01. The molecule has 1 heterocycles. The Kier molecular flexibility index (Phi) is 3.39. The van der Waals surface area contributed by atoms with Gasteiger partial charge in [-0.2, -0.15) is 0 Å². The Hall–Kier alpha value is -3.33. The second-order valence-electron chi connectivity index (χ2n) is 5.73. The Bertz CT molecular complexity index is 1030. The van der Waals surface area contributed by atoms with E-state index in [1.54, 1.807) is 6.07 Å². The first-order chi connectivity index (χ1) is 11.7. The van der Waals surface area contributed by atoms with E-state index in [4.69, 9.17) is 0 Å². The molecule has 0 aliphatic rings. The third kappa shape index (κ3) is 2.46. The number of nitrogens with one attached hydrogen (secondary N) is 1. The molecule has 2 N–H and O–H groups in total. The van der Waals surface area contributed by atoms with Crippen LogP contribution in [0, 0.1) is 0 Å². The Balaban J connectivity index is 1.88. The monoisotopic (exact) mass is 313 g/mol. The van der Waals surface area contributed by atoms with Gasteiger partial charge in [0.15, 0.2) is 0 Å². The van der Waals surface area contributed by atoms with Crippen LogP contribution in [0.3, 0.4) is 0 Å². The summed E-state index contributed by atoms with van der Waals surface area (Å²) in [7, 11) is 0. The fraction of sp³-hybridized carbons (Fsp3) is 0. The molecule has 0 saturated heterocycles. The zero-order valence-electron chi connectivity index (χ0n) is 12.9. The zero-order chi connectivity index (χ0) is 16.5. The predicted molar refractivity (Wildman–Crippen MR) is 96.1 cm³/mol. The van der Waals surface area contributed by atoms with Crippen LogP contribution in [0.25, 0.3) is 33.0 Å². The summed E-state index contributed by atoms with van der Waals surface area (Å²) in [6.07, 6.45) is 3.68. The van der Waals surface area contributed by atoms with Gasteiger partial charge < -0.3 is 10.1 Å². The number of rotatable bonds is 3. The summed E-state index contributed by atoms with van der Waals surface area (Å²) in [5.74, 6) is -0.921. The molecule has 4 aromatic rings. The van der Waals surface area contributed by atoms with E-state index in [2.05, 4.69) is 4.98 Å². The summed E-state index contributed by atoms with van der Waals surface area (Å²) < 4.78 is 0. The molecule has 3 nitrogen and oxygen atoms in total. The SMILES string of the molecule is O=C(O)c1cc(-c2cc[nH]c2)ccc1-c1ccc2ccccc2c1. The van der Waals surface area contributed by atoms with Gasteiger partial charge >= 0.3 is 5.97 Å². The number of aromatic nitrogens is 1. The van der Waals surface area contributed by atoms with Crippen molar-refractivity contribution in [3.05, 3.63) is 84.7 Å². The number of hydrogen-bond acceptors (Lipinski definition) is 1. The third-order valence-corrected chi connectivity index (χ3v) is 4.24. The summed E-state index contributed by atoms with van der Waals surface area (Å²) >= 11 is 0. The van der Waals surface area contributed by atoms with E-state index < -0.39 is 5.97 Å². The molecule has 0 atom stereocenters. The highest BCUT2D eigenvalue weighted by Crippen LogP contribution is 2.31. The lowest BCUT2D eigenvalue weighted by atomic mass is 9.94. The number of aromatic carboxylic acids is 1. The van der Waals surface area contributed by atoms with Crippen molar-refractivity contribution in [1.82, 2.24) is 4.98 Å². The van der Waals surface area contributed by atoms with Crippen LogP contribution in [0.5, 0.6) is 0 Å². The molecule has 0 bridgehead atoms. The largest absolute Gasteiger partial charge is 0.478 e. The molecule has 1 aromatic heterocycles. The molecule has 3 heteroatoms. The van der Waals surface area contributed by atoms with Gasteiger partial charge in [-0.15, -0.1) is 0 Å². The maximum absolute atomic E-state index is 11.8. The fourth-order valence-electron chi connectivity index (χ4n) is 3.01. The summed E-state index contributed by atoms with van der Waals surface area (Å²) in [5, 5.41) is 11.9.